The van der Waals surface area contributed by atoms with Crippen molar-refractivity contribution in [2.75, 3.05) is 19.8 Å². The molecule has 6 nitrogen and oxygen atoms in total. The number of nitrogens with zero attached hydrogens (tertiary/aromatic N) is 1. The molecule has 1 aliphatic rings. The fourth-order valence-electron chi connectivity index (χ4n) is 3.68. The standard InChI is InChI=1S/C26H34N2O4/c1-19(25(30)27-26(2,3)4)28(15-14-20-8-6-5-7-9-20)24(29)13-11-21-10-12-22-23(18-21)32-17-16-31-22/h5-10,12,18-19H,11,13-17H2,1-4H3,(H,27,30). The number of carbonyl (C=O) groups excluding carboxylic acids is 2. The van der Waals surface area contributed by atoms with E-state index in [4.69, 9.17) is 9.47 Å². The minimum absolute atomic E-state index is 0.0348. The van der Waals surface area contributed by atoms with Crippen LogP contribution in [0.25, 0.3) is 0 Å². The van der Waals surface area contributed by atoms with Crippen LogP contribution in [0.5, 0.6) is 11.5 Å². The molecule has 0 spiro atoms. The molecule has 172 valence electrons. The highest BCUT2D eigenvalue weighted by Gasteiger charge is 2.28. The summed E-state index contributed by atoms with van der Waals surface area (Å²) >= 11 is 0. The minimum Gasteiger partial charge on any atom is -0.486 e. The third-order valence-corrected chi connectivity index (χ3v) is 5.38. The van der Waals surface area contributed by atoms with Crippen LogP contribution in [0, 0.1) is 0 Å². The number of ether oxygens (including phenoxy) is 2. The van der Waals surface area contributed by atoms with Crippen molar-refractivity contribution in [2.24, 2.45) is 0 Å². The van der Waals surface area contributed by atoms with E-state index in [0.717, 1.165) is 22.6 Å². The summed E-state index contributed by atoms with van der Waals surface area (Å²) in [6.07, 6.45) is 1.59. The summed E-state index contributed by atoms with van der Waals surface area (Å²) < 4.78 is 11.2. The van der Waals surface area contributed by atoms with E-state index in [9.17, 15) is 9.59 Å². The van der Waals surface area contributed by atoms with Crippen LogP contribution in [0.1, 0.15) is 45.2 Å². The number of hydrogen-bond donors (Lipinski definition) is 1. The molecule has 6 heteroatoms. The zero-order valence-corrected chi connectivity index (χ0v) is 19.5. The van der Waals surface area contributed by atoms with Crippen LogP contribution >= 0.6 is 0 Å². The van der Waals surface area contributed by atoms with E-state index in [1.165, 1.54) is 0 Å². The summed E-state index contributed by atoms with van der Waals surface area (Å²) in [5.41, 5.74) is 1.79. The van der Waals surface area contributed by atoms with Crippen LogP contribution in [-0.4, -0.2) is 48.1 Å². The zero-order valence-electron chi connectivity index (χ0n) is 19.5. The van der Waals surface area contributed by atoms with Gasteiger partial charge in [0.25, 0.3) is 0 Å². The van der Waals surface area contributed by atoms with E-state index in [-0.39, 0.29) is 17.4 Å². The fraction of sp³-hybridized carbons (Fsp3) is 0.462. The highest BCUT2D eigenvalue weighted by molar-refractivity contribution is 5.87. The van der Waals surface area contributed by atoms with Crippen LogP contribution in [-0.2, 0) is 22.4 Å². The predicted molar refractivity (Wildman–Crippen MR) is 125 cm³/mol. The normalized spacial score (nSPS) is 13.9. The molecule has 3 rings (SSSR count). The van der Waals surface area contributed by atoms with Crippen LogP contribution < -0.4 is 14.8 Å². The van der Waals surface area contributed by atoms with Gasteiger partial charge in [0.1, 0.15) is 19.3 Å². The molecule has 0 saturated heterocycles. The number of hydrogen-bond acceptors (Lipinski definition) is 4. The Morgan fingerprint density at radius 2 is 1.66 bits per heavy atom. The van der Waals surface area contributed by atoms with Crippen molar-refractivity contribution in [1.29, 1.82) is 0 Å². The molecule has 0 aliphatic carbocycles. The van der Waals surface area contributed by atoms with E-state index < -0.39 is 6.04 Å². The van der Waals surface area contributed by atoms with Crippen LogP contribution in [0.3, 0.4) is 0 Å². The molecule has 2 aromatic carbocycles. The number of aryl methyl sites for hydroxylation is 1. The second-order valence-electron chi connectivity index (χ2n) is 9.22. The fourth-order valence-corrected chi connectivity index (χ4v) is 3.68. The van der Waals surface area contributed by atoms with Crippen molar-refractivity contribution < 1.29 is 19.1 Å². The number of nitrogens with one attached hydrogen (secondary N) is 1. The first-order valence-corrected chi connectivity index (χ1v) is 11.3. The van der Waals surface area contributed by atoms with Crippen molar-refractivity contribution in [2.45, 2.75) is 58.5 Å². The molecule has 0 saturated carbocycles. The molecule has 0 bridgehead atoms. The van der Waals surface area contributed by atoms with Crippen molar-refractivity contribution in [1.82, 2.24) is 10.2 Å². The molecule has 0 radical (unpaired) electrons. The van der Waals surface area contributed by atoms with Gasteiger partial charge in [-0.15, -0.1) is 0 Å². The van der Waals surface area contributed by atoms with Gasteiger partial charge in [0.15, 0.2) is 11.5 Å². The zero-order chi connectivity index (χ0) is 23.1. The SMILES string of the molecule is CC(C(=O)NC(C)(C)C)N(CCc1ccccc1)C(=O)CCc1ccc2c(c1)OCCO2. The molecular weight excluding hydrogens is 404 g/mol. The van der Waals surface area contributed by atoms with Crippen molar-refractivity contribution in [3.8, 4) is 11.5 Å². The number of amides is 2. The second kappa shape index (κ2) is 10.5. The van der Waals surface area contributed by atoms with Gasteiger partial charge >= 0.3 is 0 Å². The van der Waals surface area contributed by atoms with E-state index in [2.05, 4.69) is 5.32 Å². The van der Waals surface area contributed by atoms with Gasteiger partial charge < -0.3 is 19.7 Å². The van der Waals surface area contributed by atoms with Gasteiger partial charge in [-0.05, 0) is 63.8 Å². The average Bonchev–Trinajstić information content (AvgIpc) is 2.77. The summed E-state index contributed by atoms with van der Waals surface area (Å²) in [6, 6.07) is 15.3. The molecular formula is C26H34N2O4. The van der Waals surface area contributed by atoms with Crippen LogP contribution in [0.15, 0.2) is 48.5 Å². The molecule has 0 aromatic heterocycles. The summed E-state index contributed by atoms with van der Waals surface area (Å²) in [5.74, 6) is 1.29. The summed E-state index contributed by atoms with van der Waals surface area (Å²) in [6.45, 7) is 9.19. The molecule has 32 heavy (non-hydrogen) atoms. The number of fused-ring (bicyclic) bond motifs is 1. The topological polar surface area (TPSA) is 67.9 Å². The number of benzene rings is 2. The molecule has 1 heterocycles. The highest BCUT2D eigenvalue weighted by atomic mass is 16.6. The first-order valence-electron chi connectivity index (χ1n) is 11.3. The second-order valence-corrected chi connectivity index (χ2v) is 9.22. The first-order chi connectivity index (χ1) is 15.2. The predicted octanol–water partition coefficient (Wildman–Crippen LogP) is 3.76. The van der Waals surface area contributed by atoms with Gasteiger partial charge in [-0.1, -0.05) is 36.4 Å². The quantitative estimate of drug-likeness (QED) is 0.681. The molecule has 1 unspecified atom stereocenters. The van der Waals surface area contributed by atoms with Gasteiger partial charge in [0, 0.05) is 18.5 Å². The third kappa shape index (κ3) is 6.74. The average molecular weight is 439 g/mol. The maximum absolute atomic E-state index is 13.2. The Bertz CT molecular complexity index is 921. The Balaban J connectivity index is 1.68. The van der Waals surface area contributed by atoms with Crippen LogP contribution in [0.4, 0.5) is 0 Å². The molecule has 0 fully saturated rings. The Morgan fingerprint density at radius 1 is 0.969 bits per heavy atom. The highest BCUT2D eigenvalue weighted by Crippen LogP contribution is 2.31. The molecule has 2 aromatic rings. The largest absolute Gasteiger partial charge is 0.486 e. The maximum atomic E-state index is 13.2. The van der Waals surface area contributed by atoms with E-state index >= 15 is 0 Å². The number of rotatable bonds is 8. The van der Waals surface area contributed by atoms with Crippen LogP contribution in [0.2, 0.25) is 0 Å². The Morgan fingerprint density at radius 3 is 2.34 bits per heavy atom. The summed E-state index contributed by atoms with van der Waals surface area (Å²) in [5, 5.41) is 3.00. The van der Waals surface area contributed by atoms with Gasteiger partial charge in [-0.2, -0.15) is 0 Å². The lowest BCUT2D eigenvalue weighted by atomic mass is 10.1. The maximum Gasteiger partial charge on any atom is 0.242 e. The van der Waals surface area contributed by atoms with E-state index in [1.54, 1.807) is 11.8 Å². The van der Waals surface area contributed by atoms with Gasteiger partial charge in [0.05, 0.1) is 0 Å². The van der Waals surface area contributed by atoms with Gasteiger partial charge in [-0.3, -0.25) is 9.59 Å². The Kier molecular flexibility index (Phi) is 7.78. The monoisotopic (exact) mass is 438 g/mol. The summed E-state index contributed by atoms with van der Waals surface area (Å²) in [4.78, 5) is 27.7. The lowest BCUT2D eigenvalue weighted by Crippen LogP contribution is -2.53. The van der Waals surface area contributed by atoms with Gasteiger partial charge in [-0.25, -0.2) is 0 Å². The number of carbonyl (C=O) groups is 2. The molecule has 2 amide bonds. The minimum atomic E-state index is -0.550. The smallest absolute Gasteiger partial charge is 0.242 e. The lowest BCUT2D eigenvalue weighted by Gasteiger charge is -2.31. The first kappa shape index (κ1) is 23.6. The molecule has 1 aliphatic heterocycles. The van der Waals surface area contributed by atoms with Gasteiger partial charge in [0.2, 0.25) is 11.8 Å². The molecule has 1 N–H and O–H groups in total. The van der Waals surface area contributed by atoms with E-state index in [0.29, 0.717) is 39.0 Å². The molecule has 1 atom stereocenters. The van der Waals surface area contributed by atoms with Crippen molar-refractivity contribution in [3.63, 3.8) is 0 Å². The Labute approximate surface area is 190 Å². The lowest BCUT2D eigenvalue weighted by molar-refractivity contribution is -0.140. The summed E-state index contributed by atoms with van der Waals surface area (Å²) in [7, 11) is 0. The van der Waals surface area contributed by atoms with Crippen molar-refractivity contribution in [3.05, 3.63) is 59.7 Å². The van der Waals surface area contributed by atoms with E-state index in [1.807, 2.05) is 69.3 Å². The third-order valence-electron chi connectivity index (χ3n) is 5.38. The van der Waals surface area contributed by atoms with Crippen molar-refractivity contribution >= 4 is 11.8 Å². The Hall–Kier alpha value is -3.02.